The Morgan fingerprint density at radius 1 is 1.24 bits per heavy atom. The lowest BCUT2D eigenvalue weighted by Crippen LogP contribution is -2.41. The van der Waals surface area contributed by atoms with Gasteiger partial charge in [0.1, 0.15) is 0 Å². The van der Waals surface area contributed by atoms with Gasteiger partial charge in [0.25, 0.3) is 0 Å². The van der Waals surface area contributed by atoms with Crippen molar-refractivity contribution in [3.05, 3.63) is 11.4 Å². The summed E-state index contributed by atoms with van der Waals surface area (Å²) in [6.07, 6.45) is 1.19. The van der Waals surface area contributed by atoms with Crippen LogP contribution in [0, 0.1) is 5.41 Å². The van der Waals surface area contributed by atoms with E-state index in [0.29, 0.717) is 11.4 Å². The summed E-state index contributed by atoms with van der Waals surface area (Å²) >= 11 is 0. The second-order valence-electron chi connectivity index (χ2n) is 4.97. The second kappa shape index (κ2) is 4.70. The Hall–Kier alpha value is -1.01. The molecule has 0 saturated carbocycles. The maximum absolute atomic E-state index is 7.46. The van der Waals surface area contributed by atoms with E-state index in [9.17, 15) is 0 Å². The van der Waals surface area contributed by atoms with E-state index in [2.05, 4.69) is 5.32 Å². The van der Waals surface area contributed by atoms with Crippen LogP contribution in [0.4, 0.5) is 0 Å². The number of nitrogens with one attached hydrogen (secondary N) is 2. The number of hydrogen-bond acceptors (Lipinski definition) is 5. The fourth-order valence-corrected chi connectivity index (χ4v) is 1.57. The van der Waals surface area contributed by atoms with Gasteiger partial charge in [-0.05, 0) is 27.7 Å². The molecule has 1 heterocycles. The van der Waals surface area contributed by atoms with Crippen molar-refractivity contribution in [2.45, 2.75) is 38.9 Å². The van der Waals surface area contributed by atoms with Gasteiger partial charge >= 0.3 is 7.12 Å². The molecule has 0 aromatic carbocycles. The molecule has 1 aliphatic rings. The van der Waals surface area contributed by atoms with E-state index in [1.807, 2.05) is 27.7 Å². The van der Waals surface area contributed by atoms with E-state index in [1.54, 1.807) is 14.2 Å². The van der Waals surface area contributed by atoms with Crippen molar-refractivity contribution >= 4 is 13.3 Å². The van der Waals surface area contributed by atoms with Crippen molar-refractivity contribution in [3.8, 4) is 0 Å². The molecule has 0 radical (unpaired) electrons. The zero-order chi connectivity index (χ0) is 13.3. The first-order valence-electron chi connectivity index (χ1n) is 5.61. The van der Waals surface area contributed by atoms with E-state index in [-0.39, 0.29) is 0 Å². The number of ether oxygens (including phenoxy) is 1. The number of allylic oxidation sites excluding steroid dienone is 1. The summed E-state index contributed by atoms with van der Waals surface area (Å²) in [6, 6.07) is 0. The lowest BCUT2D eigenvalue weighted by molar-refractivity contribution is 0.00578. The average molecular weight is 240 g/mol. The molecule has 0 aromatic heterocycles. The molecule has 0 amide bonds. The van der Waals surface area contributed by atoms with Crippen molar-refractivity contribution in [2.24, 2.45) is 0 Å². The number of rotatable bonds is 4. The quantitative estimate of drug-likeness (QED) is 0.442. The molecule has 6 heteroatoms. The second-order valence-corrected chi connectivity index (χ2v) is 4.97. The van der Waals surface area contributed by atoms with Crippen molar-refractivity contribution in [2.75, 3.05) is 14.2 Å². The zero-order valence-electron chi connectivity index (χ0n) is 11.4. The predicted octanol–water partition coefficient (Wildman–Crippen LogP) is 1.34. The number of methoxy groups -OCH3 is 1. The molecule has 0 atom stereocenters. The van der Waals surface area contributed by atoms with Gasteiger partial charge in [-0.3, -0.25) is 0 Å². The van der Waals surface area contributed by atoms with Crippen LogP contribution >= 0.6 is 0 Å². The summed E-state index contributed by atoms with van der Waals surface area (Å²) in [5, 5.41) is 10.3. The Labute approximate surface area is 103 Å². The van der Waals surface area contributed by atoms with Crippen LogP contribution in [0.3, 0.4) is 0 Å². The van der Waals surface area contributed by atoms with Gasteiger partial charge in [0.05, 0.1) is 23.8 Å². The van der Waals surface area contributed by atoms with Gasteiger partial charge in [-0.25, -0.2) is 0 Å². The van der Waals surface area contributed by atoms with Crippen LogP contribution in [-0.4, -0.2) is 38.7 Å². The molecule has 2 N–H and O–H groups in total. The molecule has 0 aromatic rings. The average Bonchev–Trinajstić information content (AvgIpc) is 2.44. The van der Waals surface area contributed by atoms with Gasteiger partial charge in [-0.2, -0.15) is 0 Å². The maximum atomic E-state index is 7.46. The van der Waals surface area contributed by atoms with Crippen molar-refractivity contribution in [1.29, 1.82) is 5.41 Å². The first kappa shape index (κ1) is 14.1. The van der Waals surface area contributed by atoms with Gasteiger partial charge in [0.15, 0.2) is 5.88 Å². The smallest absolute Gasteiger partial charge is 0.483 e. The summed E-state index contributed by atoms with van der Waals surface area (Å²) < 4.78 is 16.9. The highest BCUT2D eigenvalue weighted by molar-refractivity contribution is 6.60. The molecule has 1 saturated heterocycles. The highest BCUT2D eigenvalue weighted by Crippen LogP contribution is 2.38. The summed E-state index contributed by atoms with van der Waals surface area (Å²) in [5.41, 5.74) is -0.287. The molecule has 17 heavy (non-hydrogen) atoms. The van der Waals surface area contributed by atoms with Gasteiger partial charge in [-0.1, -0.05) is 0 Å². The Morgan fingerprint density at radius 2 is 1.71 bits per heavy atom. The van der Waals surface area contributed by atoms with Crippen LogP contribution in [-0.2, 0) is 14.0 Å². The Morgan fingerprint density at radius 3 is 2.00 bits per heavy atom. The van der Waals surface area contributed by atoms with Gasteiger partial charge < -0.3 is 24.8 Å². The van der Waals surface area contributed by atoms with Crippen LogP contribution in [0.2, 0.25) is 0 Å². The molecule has 0 spiro atoms. The largest absolute Gasteiger partial charge is 0.501 e. The molecule has 5 nitrogen and oxygen atoms in total. The molecule has 0 bridgehead atoms. The van der Waals surface area contributed by atoms with Crippen LogP contribution < -0.4 is 5.32 Å². The summed E-state index contributed by atoms with van der Waals surface area (Å²) in [7, 11) is 2.69. The summed E-state index contributed by atoms with van der Waals surface area (Å²) in [6.45, 7) is 7.89. The Bertz CT molecular complexity index is 318. The van der Waals surface area contributed by atoms with E-state index in [4.69, 9.17) is 19.5 Å². The van der Waals surface area contributed by atoms with E-state index in [0.717, 1.165) is 0 Å². The third-order valence-electron chi connectivity index (χ3n) is 3.36. The first-order valence-corrected chi connectivity index (χ1v) is 5.61. The molecule has 1 aliphatic heterocycles. The van der Waals surface area contributed by atoms with E-state index >= 15 is 0 Å². The molecule has 0 unspecified atom stereocenters. The minimum Gasteiger partial charge on any atom is -0.483 e. The van der Waals surface area contributed by atoms with Crippen molar-refractivity contribution in [1.82, 2.24) is 5.32 Å². The molecule has 1 fully saturated rings. The zero-order valence-corrected chi connectivity index (χ0v) is 11.4. The minimum absolute atomic E-state index is 0.418. The van der Waals surface area contributed by atoms with E-state index in [1.165, 1.54) is 6.21 Å². The highest BCUT2D eigenvalue weighted by Gasteiger charge is 2.53. The normalized spacial score (nSPS) is 23.1. The fourth-order valence-electron chi connectivity index (χ4n) is 1.57. The van der Waals surface area contributed by atoms with Crippen molar-refractivity contribution in [3.63, 3.8) is 0 Å². The molecule has 0 aliphatic carbocycles. The van der Waals surface area contributed by atoms with E-state index < -0.39 is 18.3 Å². The van der Waals surface area contributed by atoms with Gasteiger partial charge in [0, 0.05) is 13.3 Å². The molecule has 1 rings (SSSR count). The number of hydrogen-bond donors (Lipinski definition) is 2. The third kappa shape index (κ3) is 2.47. The SMILES string of the molecule is CN/C(OC)=C(\C=N)B1OC(C)(C)C(C)(C)O1. The van der Waals surface area contributed by atoms with Crippen LogP contribution in [0.1, 0.15) is 27.7 Å². The predicted molar refractivity (Wildman–Crippen MR) is 68.0 cm³/mol. The van der Waals surface area contributed by atoms with Crippen LogP contribution in [0.25, 0.3) is 0 Å². The fraction of sp³-hybridized carbons (Fsp3) is 0.727. The van der Waals surface area contributed by atoms with Crippen molar-refractivity contribution < 1.29 is 14.0 Å². The monoisotopic (exact) mass is 240 g/mol. The first-order chi connectivity index (χ1) is 7.79. The topological polar surface area (TPSA) is 63.6 Å². The third-order valence-corrected chi connectivity index (χ3v) is 3.36. The van der Waals surface area contributed by atoms with Crippen LogP contribution in [0.15, 0.2) is 11.4 Å². The minimum atomic E-state index is -0.583. The van der Waals surface area contributed by atoms with Crippen LogP contribution in [0.5, 0.6) is 0 Å². The standard InChI is InChI=1S/C11H21BN2O3/c1-10(2)11(3,4)17-12(16-10)8(7-13)9(14-5)15-6/h7,13-14H,1-6H3/b9-8-,13-7?. The van der Waals surface area contributed by atoms with Gasteiger partial charge in [-0.15, -0.1) is 0 Å². The summed E-state index contributed by atoms with van der Waals surface area (Å²) in [5.74, 6) is 0.485. The highest BCUT2D eigenvalue weighted by atomic mass is 16.7. The molecule has 96 valence electrons. The lowest BCUT2D eigenvalue weighted by atomic mass is 9.79. The molecular formula is C11H21BN2O3. The maximum Gasteiger partial charge on any atom is 0.501 e. The van der Waals surface area contributed by atoms with Gasteiger partial charge in [0.2, 0.25) is 0 Å². The lowest BCUT2D eigenvalue weighted by Gasteiger charge is -2.32. The Balaban J connectivity index is 3.04. The molecular weight excluding hydrogens is 219 g/mol. The Kier molecular flexibility index (Phi) is 3.89. The summed E-state index contributed by atoms with van der Waals surface area (Å²) in [4.78, 5) is 0.